The third kappa shape index (κ3) is 7.46. The fourth-order valence-corrected chi connectivity index (χ4v) is 8.13. The molecule has 0 bridgehead atoms. The van der Waals surface area contributed by atoms with Crippen LogP contribution in [-0.2, 0) is 16.1 Å². The minimum absolute atomic E-state index is 0.0999. The van der Waals surface area contributed by atoms with Gasteiger partial charge in [0.25, 0.3) is 0 Å². The summed E-state index contributed by atoms with van der Waals surface area (Å²) in [6.45, 7) is 6.37. The van der Waals surface area contributed by atoms with Gasteiger partial charge in [-0.05, 0) is 74.3 Å². The maximum absolute atomic E-state index is 14.0. The number of phenols is 1. The van der Waals surface area contributed by atoms with Gasteiger partial charge in [-0.15, -0.1) is 0 Å². The molecule has 2 aromatic rings. The van der Waals surface area contributed by atoms with Gasteiger partial charge in [0, 0.05) is 41.6 Å². The Bertz CT molecular complexity index is 1420. The number of fused-ring (bicyclic) bond motifs is 1. The molecule has 2 amide bonds. The van der Waals surface area contributed by atoms with Crippen molar-refractivity contribution in [2.45, 2.75) is 83.9 Å². The molecule has 1 aliphatic carbocycles. The summed E-state index contributed by atoms with van der Waals surface area (Å²) in [6, 6.07) is 15.5. The number of aliphatic hydroxyl groups is 2. The molecule has 0 radical (unpaired) electrons. The second-order valence-electron chi connectivity index (χ2n) is 12.9. The summed E-state index contributed by atoms with van der Waals surface area (Å²) in [5, 5.41) is 32.7. The van der Waals surface area contributed by atoms with Gasteiger partial charge in [-0.3, -0.25) is 19.4 Å². The Morgan fingerprint density at radius 2 is 1.80 bits per heavy atom. The average molecular weight is 680 g/mol. The highest BCUT2D eigenvalue weighted by Gasteiger charge is 2.56. The van der Waals surface area contributed by atoms with Crippen LogP contribution in [0.15, 0.2) is 69.7 Å². The fraction of sp³-hybridized carbons (Fsp3) is 0.514. The van der Waals surface area contributed by atoms with Gasteiger partial charge in [-0.1, -0.05) is 83.8 Å². The van der Waals surface area contributed by atoms with E-state index in [-0.39, 0.29) is 30.2 Å². The van der Waals surface area contributed by atoms with E-state index in [9.17, 15) is 24.9 Å². The van der Waals surface area contributed by atoms with Crippen molar-refractivity contribution in [2.75, 3.05) is 19.7 Å². The third-order valence-electron chi connectivity index (χ3n) is 10.0. The van der Waals surface area contributed by atoms with Gasteiger partial charge in [-0.25, -0.2) is 0 Å². The fourth-order valence-electron chi connectivity index (χ4n) is 7.75. The standard InChI is InChI=1S/C37H47BrN2O5/c1-3-8-26-21-30-35(37(45)40(36(30)44)29-15-17-39(18-16-29)22-25-9-6-5-7-10-25)31(23-41)34(26)33(43)13-11-24(4-2)19-27-20-28(38)12-14-32(27)42/h5-7,9-10,12,14,19-20,29-31,33,35,41-43H,3-4,8,11,13,15-18,21-23H2,1-2H3/b24-19+/t30-,31+,33-,35-/m1/s1. The summed E-state index contributed by atoms with van der Waals surface area (Å²) < 4.78 is 0.876. The van der Waals surface area contributed by atoms with Crippen LogP contribution in [0.5, 0.6) is 5.75 Å². The zero-order valence-corrected chi connectivity index (χ0v) is 28.1. The average Bonchev–Trinajstić information content (AvgIpc) is 3.29. The number of amides is 2. The van der Waals surface area contributed by atoms with E-state index in [0.717, 1.165) is 78.5 Å². The van der Waals surface area contributed by atoms with E-state index >= 15 is 0 Å². The van der Waals surface area contributed by atoms with Crippen LogP contribution >= 0.6 is 15.9 Å². The van der Waals surface area contributed by atoms with Gasteiger partial charge in [0.15, 0.2) is 0 Å². The first-order valence-electron chi connectivity index (χ1n) is 16.6. The number of aromatic hydroxyl groups is 1. The third-order valence-corrected chi connectivity index (χ3v) is 10.5. The molecule has 0 aromatic heterocycles. The number of allylic oxidation sites excluding steroid dienone is 2. The number of benzene rings is 2. The van der Waals surface area contributed by atoms with Gasteiger partial charge in [0.05, 0.1) is 24.5 Å². The lowest BCUT2D eigenvalue weighted by Crippen LogP contribution is -2.47. The van der Waals surface area contributed by atoms with E-state index in [1.807, 2.05) is 30.3 Å². The molecule has 5 rings (SSSR count). The molecule has 2 heterocycles. The zero-order valence-electron chi connectivity index (χ0n) is 26.5. The van der Waals surface area contributed by atoms with Crippen LogP contribution in [0.1, 0.15) is 76.3 Å². The van der Waals surface area contributed by atoms with Gasteiger partial charge in [-0.2, -0.15) is 0 Å². The second kappa shape index (κ2) is 15.2. The molecule has 2 fully saturated rings. The Hall–Kier alpha value is -2.78. The SMILES string of the molecule is CCCC1=C([C@H](O)CC/C(=C/c2cc(Br)ccc2O)CC)[C@H](CO)[C@@H]2C(=O)N(C3CCN(Cc4ccccc4)CC3)C(=O)[C@@H]2C1. The first-order chi connectivity index (χ1) is 21.7. The Kier molecular flexibility index (Phi) is 11.3. The van der Waals surface area contributed by atoms with Crippen molar-refractivity contribution in [2.24, 2.45) is 17.8 Å². The number of hydrogen-bond acceptors (Lipinski definition) is 6. The van der Waals surface area contributed by atoms with Crippen LogP contribution in [0.4, 0.5) is 0 Å². The van der Waals surface area contributed by atoms with Crippen LogP contribution in [0.2, 0.25) is 0 Å². The highest BCUT2D eigenvalue weighted by molar-refractivity contribution is 9.10. The van der Waals surface area contributed by atoms with Crippen molar-refractivity contribution >= 4 is 33.8 Å². The largest absolute Gasteiger partial charge is 0.507 e. The number of hydrogen-bond donors (Lipinski definition) is 3. The van der Waals surface area contributed by atoms with Crippen molar-refractivity contribution in [3.8, 4) is 5.75 Å². The van der Waals surface area contributed by atoms with Crippen molar-refractivity contribution < 1.29 is 24.9 Å². The first kappa shape index (κ1) is 33.6. The molecule has 2 aliphatic heterocycles. The maximum Gasteiger partial charge on any atom is 0.234 e. The number of imide groups is 1. The molecule has 3 aliphatic rings. The lowest BCUT2D eigenvalue weighted by atomic mass is 9.67. The van der Waals surface area contributed by atoms with E-state index in [0.29, 0.717) is 19.3 Å². The highest BCUT2D eigenvalue weighted by atomic mass is 79.9. The first-order valence-corrected chi connectivity index (χ1v) is 17.4. The van der Waals surface area contributed by atoms with E-state index in [4.69, 9.17) is 0 Å². The number of carbonyl (C=O) groups is 2. The second-order valence-corrected chi connectivity index (χ2v) is 13.8. The monoisotopic (exact) mass is 678 g/mol. The van der Waals surface area contributed by atoms with Crippen LogP contribution in [0, 0.1) is 17.8 Å². The molecule has 2 saturated heterocycles. The molecule has 0 unspecified atom stereocenters. The maximum atomic E-state index is 14.0. The summed E-state index contributed by atoms with van der Waals surface area (Å²) in [5.74, 6) is -1.74. The minimum Gasteiger partial charge on any atom is -0.507 e. The summed E-state index contributed by atoms with van der Waals surface area (Å²) in [7, 11) is 0. The number of halogens is 1. The number of nitrogens with zero attached hydrogens (tertiary/aromatic N) is 2. The predicted molar refractivity (Wildman–Crippen MR) is 180 cm³/mol. The van der Waals surface area contributed by atoms with Crippen LogP contribution in [0.3, 0.4) is 0 Å². The minimum atomic E-state index is -0.825. The normalized spacial score (nSPS) is 24.0. The Labute approximate surface area is 275 Å². The molecule has 3 N–H and O–H groups in total. The van der Waals surface area contributed by atoms with E-state index in [1.165, 1.54) is 5.56 Å². The van der Waals surface area contributed by atoms with Crippen molar-refractivity contribution in [3.05, 3.63) is 80.8 Å². The smallest absolute Gasteiger partial charge is 0.234 e. The van der Waals surface area contributed by atoms with E-state index in [1.54, 1.807) is 17.0 Å². The molecule has 0 saturated carbocycles. The van der Waals surface area contributed by atoms with Crippen molar-refractivity contribution in [3.63, 3.8) is 0 Å². The number of piperidine rings is 1. The van der Waals surface area contributed by atoms with Crippen LogP contribution < -0.4 is 0 Å². The molecule has 7 nitrogen and oxygen atoms in total. The number of carbonyl (C=O) groups excluding carboxylic acids is 2. The Morgan fingerprint density at radius 3 is 2.47 bits per heavy atom. The molecule has 2 aromatic carbocycles. The molecule has 45 heavy (non-hydrogen) atoms. The topological polar surface area (TPSA) is 101 Å². The Balaban J connectivity index is 1.30. The van der Waals surface area contributed by atoms with Gasteiger partial charge >= 0.3 is 0 Å². The van der Waals surface area contributed by atoms with Crippen LogP contribution in [0.25, 0.3) is 6.08 Å². The zero-order chi connectivity index (χ0) is 32.1. The molecule has 242 valence electrons. The van der Waals surface area contributed by atoms with Crippen LogP contribution in [-0.4, -0.2) is 68.8 Å². The molecular weight excluding hydrogens is 632 g/mol. The number of phenolic OH excluding ortho intramolecular Hbond substituents is 1. The Morgan fingerprint density at radius 1 is 1.07 bits per heavy atom. The molecule has 0 spiro atoms. The van der Waals surface area contributed by atoms with E-state index < -0.39 is 23.9 Å². The quantitative estimate of drug-likeness (QED) is 0.176. The van der Waals surface area contributed by atoms with Crippen molar-refractivity contribution in [1.29, 1.82) is 0 Å². The lowest BCUT2D eigenvalue weighted by Gasteiger charge is -2.37. The summed E-state index contributed by atoms with van der Waals surface area (Å²) in [5.41, 5.74) is 4.86. The highest BCUT2D eigenvalue weighted by Crippen LogP contribution is 2.48. The predicted octanol–water partition coefficient (Wildman–Crippen LogP) is 6.46. The van der Waals surface area contributed by atoms with E-state index in [2.05, 4.69) is 46.8 Å². The number of likely N-dealkylation sites (tertiary alicyclic amines) is 2. The van der Waals surface area contributed by atoms with Gasteiger partial charge in [0.1, 0.15) is 5.75 Å². The van der Waals surface area contributed by atoms with Gasteiger partial charge < -0.3 is 15.3 Å². The number of aliphatic hydroxyl groups excluding tert-OH is 2. The lowest BCUT2D eigenvalue weighted by molar-refractivity contribution is -0.144. The molecule has 8 heteroatoms. The summed E-state index contributed by atoms with van der Waals surface area (Å²) >= 11 is 3.47. The molecular formula is C37H47BrN2O5. The molecule has 4 atom stereocenters. The number of rotatable bonds is 12. The summed E-state index contributed by atoms with van der Waals surface area (Å²) in [4.78, 5) is 31.8. The van der Waals surface area contributed by atoms with Gasteiger partial charge in [0.2, 0.25) is 11.8 Å². The summed E-state index contributed by atoms with van der Waals surface area (Å²) in [6.07, 6.45) is 6.51. The van der Waals surface area contributed by atoms with Crippen molar-refractivity contribution in [1.82, 2.24) is 9.80 Å².